The molecule has 0 aliphatic heterocycles. The second kappa shape index (κ2) is 7.92. The Hall–Kier alpha value is -3.66. The highest BCUT2D eigenvalue weighted by molar-refractivity contribution is 6.14. The summed E-state index contributed by atoms with van der Waals surface area (Å²) in [6, 6.07) is 11.0. The normalized spacial score (nSPS) is 11.6. The highest BCUT2D eigenvalue weighted by Gasteiger charge is 2.18. The van der Waals surface area contributed by atoms with Crippen molar-refractivity contribution >= 4 is 17.5 Å². The van der Waals surface area contributed by atoms with Gasteiger partial charge in [0.2, 0.25) is 5.78 Å². The Bertz CT molecular complexity index is 993. The van der Waals surface area contributed by atoms with Gasteiger partial charge in [0.1, 0.15) is 17.4 Å². The maximum absolute atomic E-state index is 12.7. The summed E-state index contributed by atoms with van der Waals surface area (Å²) in [6.07, 6.45) is 1.20. The number of carbonyl (C=O) groups is 1. The molecule has 2 aromatic rings. The molecule has 7 nitrogen and oxygen atoms in total. The van der Waals surface area contributed by atoms with E-state index in [2.05, 4.69) is 0 Å². The molecule has 144 valence electrons. The summed E-state index contributed by atoms with van der Waals surface area (Å²) >= 11 is 0. The maximum atomic E-state index is 12.7. The van der Waals surface area contributed by atoms with Crippen LogP contribution in [-0.2, 0) is 5.41 Å². The second-order valence-electron chi connectivity index (χ2n) is 7.15. The van der Waals surface area contributed by atoms with E-state index in [0.717, 1.165) is 11.6 Å². The van der Waals surface area contributed by atoms with Crippen molar-refractivity contribution in [1.29, 1.82) is 5.26 Å². The van der Waals surface area contributed by atoms with E-state index in [9.17, 15) is 25.3 Å². The van der Waals surface area contributed by atoms with E-state index in [1.54, 1.807) is 12.1 Å². The van der Waals surface area contributed by atoms with Crippen LogP contribution in [0.1, 0.15) is 42.3 Å². The third-order valence-corrected chi connectivity index (χ3v) is 4.16. The molecule has 0 fully saturated rings. The predicted molar refractivity (Wildman–Crippen MR) is 102 cm³/mol. The topological polar surface area (TPSA) is 116 Å². The fourth-order valence-corrected chi connectivity index (χ4v) is 2.57. The molecule has 28 heavy (non-hydrogen) atoms. The molecule has 0 unspecified atom stereocenters. The third kappa shape index (κ3) is 4.35. The summed E-state index contributed by atoms with van der Waals surface area (Å²) in [6.45, 7) is 6.14. The highest BCUT2D eigenvalue weighted by Crippen LogP contribution is 2.35. The average Bonchev–Trinajstić information content (AvgIpc) is 2.65. The van der Waals surface area contributed by atoms with Crippen LogP contribution in [0.4, 0.5) is 5.69 Å². The van der Waals surface area contributed by atoms with E-state index in [1.165, 1.54) is 19.3 Å². The van der Waals surface area contributed by atoms with E-state index in [0.29, 0.717) is 5.56 Å². The van der Waals surface area contributed by atoms with Gasteiger partial charge in [0.25, 0.3) is 5.69 Å². The first-order chi connectivity index (χ1) is 13.1. The van der Waals surface area contributed by atoms with Crippen LogP contribution in [0.15, 0.2) is 42.0 Å². The number of benzene rings is 2. The fraction of sp³-hybridized carbons (Fsp3) is 0.238. The van der Waals surface area contributed by atoms with E-state index < -0.39 is 22.1 Å². The molecule has 0 aromatic heterocycles. The molecule has 7 heteroatoms. The molecule has 0 saturated heterocycles. The first-order valence-electron chi connectivity index (χ1n) is 8.39. The summed E-state index contributed by atoms with van der Waals surface area (Å²) < 4.78 is 4.87. The standard InChI is InChI=1S/C21H20N2O5/c1-21(2,3)16-7-5-14(6-8-16)19(24)15(12-22)9-13-10-17(23(26)27)20(25)18(11-13)28-4/h5-11,25H,1-4H3/p-1/b15-9+. The van der Waals surface area contributed by atoms with Crippen molar-refractivity contribution in [2.24, 2.45) is 0 Å². The number of carbonyl (C=O) groups excluding carboxylic acids is 1. The minimum Gasteiger partial charge on any atom is -0.865 e. The quantitative estimate of drug-likeness (QED) is 0.257. The number of ether oxygens (including phenoxy) is 1. The zero-order valence-electron chi connectivity index (χ0n) is 16.0. The maximum Gasteiger partial charge on any atom is 0.266 e. The molecule has 0 atom stereocenters. The number of nitro groups is 1. The number of hydrogen-bond acceptors (Lipinski definition) is 6. The van der Waals surface area contributed by atoms with Crippen molar-refractivity contribution in [1.82, 2.24) is 0 Å². The molecule has 0 aliphatic rings. The number of nitro benzene ring substituents is 1. The Morgan fingerprint density at radius 1 is 1.21 bits per heavy atom. The molecule has 0 aliphatic carbocycles. The number of allylic oxidation sites excluding steroid dienone is 1. The van der Waals surface area contributed by atoms with Gasteiger partial charge >= 0.3 is 0 Å². The summed E-state index contributed by atoms with van der Waals surface area (Å²) in [5.74, 6) is -1.62. The Kier molecular flexibility index (Phi) is 5.84. The lowest BCUT2D eigenvalue weighted by molar-refractivity contribution is -0.398. The van der Waals surface area contributed by atoms with E-state index >= 15 is 0 Å². The van der Waals surface area contributed by atoms with Crippen molar-refractivity contribution in [3.05, 3.63) is 68.8 Å². The Morgan fingerprint density at radius 2 is 1.82 bits per heavy atom. The van der Waals surface area contributed by atoms with Crippen molar-refractivity contribution in [3.8, 4) is 17.6 Å². The molecule has 2 aromatic carbocycles. The van der Waals surface area contributed by atoms with Crippen molar-refractivity contribution in [2.75, 3.05) is 7.11 Å². The molecule has 0 radical (unpaired) electrons. The zero-order chi connectivity index (χ0) is 21.1. The molecule has 0 saturated carbocycles. The van der Waals surface area contributed by atoms with Crippen LogP contribution in [0.3, 0.4) is 0 Å². The molecule has 2 rings (SSSR count). The zero-order valence-corrected chi connectivity index (χ0v) is 16.0. The number of rotatable bonds is 5. The molecule has 0 spiro atoms. The van der Waals surface area contributed by atoms with Gasteiger partial charge in [0, 0.05) is 17.4 Å². The third-order valence-electron chi connectivity index (χ3n) is 4.16. The van der Waals surface area contributed by atoms with Crippen LogP contribution in [0.2, 0.25) is 0 Å². The van der Waals surface area contributed by atoms with Gasteiger partial charge in [-0.25, -0.2) is 0 Å². The first kappa shape index (κ1) is 20.6. The fourth-order valence-electron chi connectivity index (χ4n) is 2.57. The second-order valence-corrected chi connectivity index (χ2v) is 7.15. The van der Waals surface area contributed by atoms with Gasteiger partial charge in [-0.3, -0.25) is 14.9 Å². The number of nitrogens with zero attached hydrogens (tertiary/aromatic N) is 2. The average molecular weight is 379 g/mol. The van der Waals surface area contributed by atoms with Crippen LogP contribution in [-0.4, -0.2) is 17.8 Å². The summed E-state index contributed by atoms with van der Waals surface area (Å²) in [4.78, 5) is 22.9. The predicted octanol–water partition coefficient (Wildman–Crippen LogP) is 3.76. The van der Waals surface area contributed by atoms with Crippen LogP contribution >= 0.6 is 0 Å². The lowest BCUT2D eigenvalue weighted by atomic mass is 9.86. The van der Waals surface area contributed by atoms with Gasteiger partial charge in [-0.2, -0.15) is 5.26 Å². The van der Waals surface area contributed by atoms with Crippen molar-refractivity contribution in [2.45, 2.75) is 26.2 Å². The van der Waals surface area contributed by atoms with Crippen molar-refractivity contribution in [3.63, 3.8) is 0 Å². The Balaban J connectivity index is 2.46. The molecule has 0 bridgehead atoms. The van der Waals surface area contributed by atoms with E-state index in [-0.39, 0.29) is 22.3 Å². The monoisotopic (exact) mass is 379 g/mol. The lowest BCUT2D eigenvalue weighted by Gasteiger charge is -2.18. The minimum absolute atomic E-state index is 0.0783. The van der Waals surface area contributed by atoms with Crippen LogP contribution < -0.4 is 9.84 Å². The highest BCUT2D eigenvalue weighted by atomic mass is 16.6. The number of hydrogen-bond donors (Lipinski definition) is 0. The first-order valence-corrected chi connectivity index (χ1v) is 8.39. The minimum atomic E-state index is -0.868. The van der Waals surface area contributed by atoms with Gasteiger partial charge in [0.15, 0.2) is 0 Å². The Morgan fingerprint density at radius 3 is 2.29 bits per heavy atom. The van der Waals surface area contributed by atoms with E-state index in [4.69, 9.17) is 4.74 Å². The number of methoxy groups -OCH3 is 1. The summed E-state index contributed by atoms with van der Waals surface area (Å²) in [7, 11) is 1.21. The van der Waals surface area contributed by atoms with Gasteiger partial charge in [-0.05, 0) is 28.7 Å². The summed E-state index contributed by atoms with van der Waals surface area (Å²) in [5, 5.41) is 32.4. The van der Waals surface area contributed by atoms with Gasteiger partial charge in [-0.15, -0.1) is 0 Å². The van der Waals surface area contributed by atoms with Crippen LogP contribution in [0.5, 0.6) is 11.5 Å². The lowest BCUT2D eigenvalue weighted by Crippen LogP contribution is -2.11. The summed E-state index contributed by atoms with van der Waals surface area (Å²) in [5.41, 5.74) is 0.536. The van der Waals surface area contributed by atoms with Gasteiger partial charge in [0.05, 0.1) is 12.0 Å². The molecule has 0 amide bonds. The molecule has 0 N–H and O–H groups in total. The number of nitriles is 1. The SMILES string of the molecule is COc1cc(/C=C(\C#N)C(=O)c2ccc(C(C)(C)C)cc2)cc([N+](=O)[O-])c1[O-]. The smallest absolute Gasteiger partial charge is 0.266 e. The van der Waals surface area contributed by atoms with Crippen molar-refractivity contribution < 1.29 is 19.6 Å². The van der Waals surface area contributed by atoms with Crippen LogP contribution in [0.25, 0.3) is 6.08 Å². The molecule has 0 heterocycles. The van der Waals surface area contributed by atoms with E-state index in [1.807, 2.05) is 39.0 Å². The Labute approximate surface area is 162 Å². The molecular formula is C21H19N2O5-. The van der Waals surface area contributed by atoms with Gasteiger partial charge in [-0.1, -0.05) is 45.0 Å². The molecular weight excluding hydrogens is 360 g/mol. The van der Waals surface area contributed by atoms with Crippen LogP contribution in [0, 0.1) is 21.4 Å². The van der Waals surface area contributed by atoms with Gasteiger partial charge < -0.3 is 9.84 Å². The number of Topliss-reactive ketones (excluding diaryl/α,β-unsaturated/α-hetero) is 1. The largest absolute Gasteiger partial charge is 0.865 e. The number of ketones is 1.